The summed E-state index contributed by atoms with van der Waals surface area (Å²) in [5.74, 6) is 8.92. The molecule has 13 atom stereocenters. The molecule has 2 aliphatic heterocycles. The average molecular weight is 994 g/mol. The van der Waals surface area contributed by atoms with E-state index < -0.39 is 24.2 Å². The Morgan fingerprint density at radius 3 is 2.57 bits per heavy atom. The number of allylic oxidation sites excluding steroid dienone is 3. The van der Waals surface area contributed by atoms with Gasteiger partial charge in [-0.15, -0.1) is 0 Å². The second-order valence-corrected chi connectivity index (χ2v) is 23.4. The lowest BCUT2D eigenvalue weighted by Gasteiger charge is -2.44. The first-order valence-corrected chi connectivity index (χ1v) is 28.5. The first-order valence-electron chi connectivity index (χ1n) is 26.0. The van der Waals surface area contributed by atoms with Gasteiger partial charge in [-0.1, -0.05) is 101 Å². The molecule has 0 amide bonds. The number of fused-ring (bicyclic) bond motifs is 5. The van der Waals surface area contributed by atoms with Crippen molar-refractivity contribution >= 4 is 21.6 Å². The van der Waals surface area contributed by atoms with Crippen molar-refractivity contribution in [3.05, 3.63) is 118 Å². The largest absolute Gasteiger partial charge is 0.504 e. The van der Waals surface area contributed by atoms with Crippen LogP contribution in [0.3, 0.4) is 0 Å². The van der Waals surface area contributed by atoms with Crippen LogP contribution >= 0.6 is 21.6 Å². The summed E-state index contributed by atoms with van der Waals surface area (Å²) in [6, 6.07) is 18.6. The van der Waals surface area contributed by atoms with E-state index >= 15 is 0 Å². The van der Waals surface area contributed by atoms with E-state index in [1.807, 2.05) is 24.4 Å². The highest BCUT2D eigenvalue weighted by Crippen LogP contribution is 2.53. The molecule has 0 radical (unpaired) electrons. The molecular weight excluding hydrogens is 919 g/mol. The molecule has 3 aromatic rings. The van der Waals surface area contributed by atoms with Crippen molar-refractivity contribution in [2.75, 3.05) is 44.5 Å². The molecule has 70 heavy (non-hydrogen) atoms. The van der Waals surface area contributed by atoms with Crippen molar-refractivity contribution in [1.29, 1.82) is 0 Å². The Morgan fingerprint density at radius 1 is 0.943 bits per heavy atom. The second-order valence-electron chi connectivity index (χ2n) is 20.9. The number of phenolic OH excluding ortho intramolecular Hbond substituents is 1. The third-order valence-corrected chi connectivity index (χ3v) is 19.3. The number of dihydropyridines is 1. The Morgan fingerprint density at radius 2 is 1.80 bits per heavy atom. The number of aromatic amines is 1. The summed E-state index contributed by atoms with van der Waals surface area (Å²) in [6.45, 7) is 2.73. The van der Waals surface area contributed by atoms with Gasteiger partial charge in [-0.05, 0) is 134 Å². The number of hydrogen-bond acceptors (Lipinski definition) is 12. The molecule has 11 nitrogen and oxygen atoms in total. The highest BCUT2D eigenvalue weighted by atomic mass is 33.1. The molecule has 6 aliphatic rings. The lowest BCUT2D eigenvalue weighted by molar-refractivity contribution is -0.0609. The molecule has 1 aromatic heterocycles. The topological polar surface area (TPSA) is 194 Å². The van der Waals surface area contributed by atoms with Gasteiger partial charge >= 0.3 is 0 Å². The number of nitrogens with one attached hydrogen (secondary N) is 2. The zero-order chi connectivity index (χ0) is 48.8. The molecule has 1 spiro atoms. The fourth-order valence-corrected chi connectivity index (χ4v) is 15.7. The van der Waals surface area contributed by atoms with E-state index in [9.17, 15) is 30.6 Å². The second kappa shape index (κ2) is 23.4. The molecule has 13 unspecified atom stereocenters. The van der Waals surface area contributed by atoms with Crippen LogP contribution in [0.2, 0.25) is 0 Å². The minimum Gasteiger partial charge on any atom is -0.504 e. The van der Waals surface area contributed by atoms with Gasteiger partial charge in [0.05, 0.1) is 31.5 Å². The molecule has 2 fully saturated rings. The van der Waals surface area contributed by atoms with Crippen molar-refractivity contribution < 1.29 is 40.1 Å². The van der Waals surface area contributed by atoms with Gasteiger partial charge in [0.15, 0.2) is 11.5 Å². The molecule has 4 aliphatic carbocycles. The molecule has 9 rings (SSSR count). The van der Waals surface area contributed by atoms with Crippen LogP contribution in [0.15, 0.2) is 95.5 Å². The number of aliphatic hydroxyl groups excluding tert-OH is 5. The zero-order valence-electron chi connectivity index (χ0n) is 40.7. The number of benzene rings is 2. The number of aromatic nitrogens is 1. The maximum atomic E-state index is 12.8. The third-order valence-electron chi connectivity index (χ3n) is 16.9. The van der Waals surface area contributed by atoms with Crippen LogP contribution in [0, 0.1) is 52.8 Å². The summed E-state index contributed by atoms with van der Waals surface area (Å²) in [7, 11) is 3.27. The summed E-state index contributed by atoms with van der Waals surface area (Å²) in [6.07, 6.45) is 12.8. The summed E-state index contributed by atoms with van der Waals surface area (Å²) >= 11 is 0. The van der Waals surface area contributed by atoms with E-state index in [4.69, 9.17) is 15.2 Å². The molecule has 13 heteroatoms. The van der Waals surface area contributed by atoms with E-state index in [0.29, 0.717) is 55.5 Å². The lowest BCUT2D eigenvalue weighted by atomic mass is 9.59. The Hall–Kier alpha value is -3.84. The van der Waals surface area contributed by atoms with E-state index in [0.717, 1.165) is 79.3 Å². The summed E-state index contributed by atoms with van der Waals surface area (Å²) in [4.78, 5) is 3.38. The molecule has 1 saturated carbocycles. The maximum absolute atomic E-state index is 12.8. The predicted octanol–water partition coefficient (Wildman–Crippen LogP) is 7.89. The fourth-order valence-electron chi connectivity index (χ4n) is 13.1. The Labute approximate surface area is 422 Å². The third kappa shape index (κ3) is 11.1. The number of aliphatic hydroxyl groups is 5. The van der Waals surface area contributed by atoms with Crippen LogP contribution in [0.4, 0.5) is 0 Å². The van der Waals surface area contributed by atoms with Crippen LogP contribution in [0.1, 0.15) is 105 Å². The molecule has 3 heterocycles. The minimum absolute atomic E-state index is 0.00321. The van der Waals surface area contributed by atoms with Gasteiger partial charge in [-0.25, -0.2) is 0 Å². The smallest absolute Gasteiger partial charge is 0.161 e. The van der Waals surface area contributed by atoms with Gasteiger partial charge in [0.1, 0.15) is 11.9 Å². The van der Waals surface area contributed by atoms with Crippen molar-refractivity contribution in [2.45, 2.75) is 120 Å². The van der Waals surface area contributed by atoms with E-state index in [2.05, 4.69) is 77.6 Å². The first-order chi connectivity index (χ1) is 34.1. The van der Waals surface area contributed by atoms with Gasteiger partial charge in [-0.2, -0.15) is 0 Å². The van der Waals surface area contributed by atoms with Gasteiger partial charge in [0.25, 0.3) is 0 Å². The van der Waals surface area contributed by atoms with Gasteiger partial charge < -0.3 is 56.1 Å². The highest BCUT2D eigenvalue weighted by molar-refractivity contribution is 8.76. The Bertz CT molecular complexity index is 2380. The van der Waals surface area contributed by atoms with Crippen molar-refractivity contribution in [3.8, 4) is 23.3 Å². The van der Waals surface area contributed by atoms with E-state index in [-0.39, 0.29) is 85.0 Å². The average Bonchev–Trinajstić information content (AvgIpc) is 3.83. The normalized spacial score (nSPS) is 33.8. The predicted molar refractivity (Wildman–Crippen MR) is 279 cm³/mol. The van der Waals surface area contributed by atoms with Crippen molar-refractivity contribution in [3.63, 3.8) is 0 Å². The standard InChI is InChI=1S/C57H75N3O8S2/c1-2-35-23-39-26-49(64)52(68-53-27-40(24-43-11-8-19-59-43)44-16-20-60-56(58)48(44)34-70-69-33-41(31-62)55(53)66)29-46(39)47-28-50(65)54-37(25-45(35)47)15-18-57(17-7-6-12-51(54)67-22-21-61)30-38(13-14-42(57)32-63)36-9-4-3-5-10-36/h3-5,8-11,16,19,25-26,29,35,37-38,40-42,47,50-51,53-55,59-66H,2,6-7,12-14,17,20-24,27-28,30-34,58H2,1H3. The number of ether oxygens (including phenoxy) is 2. The lowest BCUT2D eigenvalue weighted by Crippen LogP contribution is -2.42. The number of rotatable bonds is 11. The maximum Gasteiger partial charge on any atom is 0.161 e. The van der Waals surface area contributed by atoms with Crippen molar-refractivity contribution in [1.82, 2.24) is 10.3 Å². The molecule has 10 N–H and O–H groups in total. The number of hydrogen-bond donors (Lipinski definition) is 9. The number of aromatic hydroxyl groups is 1. The van der Waals surface area contributed by atoms with Crippen LogP contribution in [0.5, 0.6) is 11.5 Å². The summed E-state index contributed by atoms with van der Waals surface area (Å²) in [5, 5.41) is 72.0. The number of nitrogens with two attached hydrogens (primary N) is 1. The number of H-pyrrole nitrogens is 1. The SMILES string of the molecule is CCC1Cc2cc(O)c(OC3CC(Cc4ccc[nH]4)C4=CCNC(N)=C4CSSCC(CO)C3O)cc2C2CC(O)C3C(C#CC4(CCCCC3OCCO)CC(c3ccccc3)CCC4CO)C=C12. The van der Waals surface area contributed by atoms with Crippen molar-refractivity contribution in [2.24, 2.45) is 46.7 Å². The van der Waals surface area contributed by atoms with Crippen LogP contribution in [-0.4, -0.2) is 105 Å². The Balaban J connectivity index is 1.10. The quantitative estimate of drug-likeness (QED) is 0.0514. The molecule has 1 saturated heterocycles. The monoisotopic (exact) mass is 993 g/mol. The molecule has 0 bridgehead atoms. The van der Waals surface area contributed by atoms with Gasteiger partial charge in [0, 0.05) is 77.8 Å². The molecule has 378 valence electrons. The highest BCUT2D eigenvalue weighted by Gasteiger charge is 2.47. The summed E-state index contributed by atoms with van der Waals surface area (Å²) in [5.41, 5.74) is 14.0. The number of phenols is 1. The molecule has 2 aromatic carbocycles. The summed E-state index contributed by atoms with van der Waals surface area (Å²) < 4.78 is 13.5. The fraction of sp³-hybridized carbons (Fsp3) is 0.579. The Kier molecular flexibility index (Phi) is 17.0. The molecular formula is C57H75N3O8S2. The van der Waals surface area contributed by atoms with Gasteiger partial charge in [-0.3, -0.25) is 0 Å². The minimum atomic E-state index is -1.05. The first kappa shape index (κ1) is 51.1. The van der Waals surface area contributed by atoms with Gasteiger partial charge in [0.2, 0.25) is 0 Å². The van der Waals surface area contributed by atoms with E-state index in [1.165, 1.54) is 11.1 Å². The van der Waals surface area contributed by atoms with Crippen LogP contribution in [0.25, 0.3) is 0 Å². The van der Waals surface area contributed by atoms with E-state index in [1.54, 1.807) is 21.6 Å². The van der Waals surface area contributed by atoms with Crippen LogP contribution < -0.4 is 15.8 Å². The zero-order valence-corrected chi connectivity index (χ0v) is 42.3. The van der Waals surface area contributed by atoms with Crippen LogP contribution in [-0.2, 0) is 17.6 Å².